The second-order valence-electron chi connectivity index (χ2n) is 4.54. The summed E-state index contributed by atoms with van der Waals surface area (Å²) in [5.74, 6) is 0. The summed E-state index contributed by atoms with van der Waals surface area (Å²) in [5.41, 5.74) is 0. The van der Waals surface area contributed by atoms with Crippen LogP contribution in [0.3, 0.4) is 0 Å². The fraction of sp³-hybridized carbons (Fsp3) is 0.500. The van der Waals surface area contributed by atoms with E-state index in [1.165, 1.54) is 10.4 Å². The van der Waals surface area contributed by atoms with Gasteiger partial charge in [0.25, 0.3) is 0 Å². The number of rotatable bonds is 3. The number of piperidine rings is 1. The average molecular weight is 404 g/mol. The van der Waals surface area contributed by atoms with Crippen molar-refractivity contribution >= 4 is 50.0 Å². The average Bonchev–Trinajstić information content (AvgIpc) is 2.41. The normalized spacial score (nSPS) is 17.8. The second kappa shape index (κ2) is 7.42. The lowest BCUT2D eigenvalue weighted by atomic mass is 10.1. The van der Waals surface area contributed by atoms with E-state index in [4.69, 9.17) is 11.6 Å². The van der Waals surface area contributed by atoms with E-state index in [0.717, 1.165) is 12.8 Å². The molecule has 0 amide bonds. The summed E-state index contributed by atoms with van der Waals surface area (Å²) in [5, 5.41) is 3.59. The maximum absolute atomic E-state index is 12.5. The number of nitrogens with zero attached hydrogens (tertiary/aromatic N) is 1. The Hall–Kier alpha value is 0.150. The van der Waals surface area contributed by atoms with Crippen LogP contribution in [-0.2, 0) is 10.0 Å². The van der Waals surface area contributed by atoms with Gasteiger partial charge in [-0.2, -0.15) is 4.31 Å². The van der Waals surface area contributed by atoms with Gasteiger partial charge in [0.05, 0.1) is 9.92 Å². The third kappa shape index (κ3) is 3.87. The number of hydrogen-bond donors (Lipinski definition) is 1. The molecular weight excluding hydrogens is 387 g/mol. The molecule has 0 bridgehead atoms. The van der Waals surface area contributed by atoms with Crippen LogP contribution in [-0.4, -0.2) is 38.9 Å². The van der Waals surface area contributed by atoms with Gasteiger partial charge in [-0.3, -0.25) is 0 Å². The quantitative estimate of drug-likeness (QED) is 0.843. The van der Waals surface area contributed by atoms with Crippen LogP contribution in [0.25, 0.3) is 0 Å². The molecule has 8 heteroatoms. The molecule has 1 aliphatic rings. The Balaban J connectivity index is 0.00000200. The van der Waals surface area contributed by atoms with Crippen LogP contribution in [0.1, 0.15) is 12.8 Å². The second-order valence-corrected chi connectivity index (χ2v) is 7.74. The minimum Gasteiger partial charge on any atom is -0.317 e. The SMILES string of the molecule is CNC1CCN(S(=O)(=O)c2ccc(Br)c(Cl)c2)CC1.Cl. The number of benzene rings is 1. The van der Waals surface area contributed by atoms with Gasteiger partial charge >= 0.3 is 0 Å². The Morgan fingerprint density at radius 2 is 1.95 bits per heavy atom. The van der Waals surface area contributed by atoms with Crippen LogP contribution in [0, 0.1) is 0 Å². The molecule has 0 aromatic heterocycles. The van der Waals surface area contributed by atoms with Gasteiger partial charge in [0.2, 0.25) is 10.0 Å². The fourth-order valence-electron chi connectivity index (χ4n) is 2.17. The molecule has 0 saturated carbocycles. The van der Waals surface area contributed by atoms with Crippen molar-refractivity contribution in [2.24, 2.45) is 0 Å². The van der Waals surface area contributed by atoms with Crippen LogP contribution in [0.2, 0.25) is 5.02 Å². The summed E-state index contributed by atoms with van der Waals surface area (Å²) in [6.07, 6.45) is 1.67. The van der Waals surface area contributed by atoms with Crippen LogP contribution >= 0.6 is 39.9 Å². The van der Waals surface area contributed by atoms with Gasteiger partial charge in [-0.25, -0.2) is 8.42 Å². The molecule has 1 aliphatic heterocycles. The highest BCUT2D eigenvalue weighted by Crippen LogP contribution is 2.28. The molecule has 4 nitrogen and oxygen atoms in total. The monoisotopic (exact) mass is 402 g/mol. The van der Waals surface area contributed by atoms with Crippen LogP contribution in [0.15, 0.2) is 27.6 Å². The molecule has 1 heterocycles. The van der Waals surface area contributed by atoms with Crippen LogP contribution in [0.5, 0.6) is 0 Å². The van der Waals surface area contributed by atoms with E-state index in [-0.39, 0.29) is 17.3 Å². The van der Waals surface area contributed by atoms with E-state index in [2.05, 4.69) is 21.2 Å². The Morgan fingerprint density at radius 3 is 2.45 bits per heavy atom. The first-order valence-corrected chi connectivity index (χ1v) is 8.68. The Labute approximate surface area is 139 Å². The zero-order valence-corrected chi connectivity index (χ0v) is 14.9. The molecule has 20 heavy (non-hydrogen) atoms. The molecule has 1 aromatic rings. The highest BCUT2D eigenvalue weighted by atomic mass is 79.9. The predicted octanol–water partition coefficient (Wildman–Crippen LogP) is 2.90. The molecular formula is C12H17BrCl2N2O2S. The highest BCUT2D eigenvalue weighted by Gasteiger charge is 2.29. The van der Waals surface area contributed by atoms with E-state index >= 15 is 0 Å². The molecule has 1 fully saturated rings. The van der Waals surface area contributed by atoms with Gasteiger partial charge in [0, 0.05) is 23.6 Å². The maximum Gasteiger partial charge on any atom is 0.243 e. The van der Waals surface area contributed by atoms with E-state index in [1.807, 2.05) is 7.05 Å². The van der Waals surface area contributed by atoms with Gasteiger partial charge in [0.15, 0.2) is 0 Å². The van der Waals surface area contributed by atoms with Gasteiger partial charge in [-0.05, 0) is 54.0 Å². The smallest absolute Gasteiger partial charge is 0.243 e. The molecule has 0 aliphatic carbocycles. The Kier molecular flexibility index (Phi) is 6.76. The predicted molar refractivity (Wildman–Crippen MR) is 87.2 cm³/mol. The number of hydrogen-bond acceptors (Lipinski definition) is 3. The molecule has 1 aromatic carbocycles. The molecule has 1 N–H and O–H groups in total. The van der Waals surface area contributed by atoms with E-state index in [9.17, 15) is 8.42 Å². The summed E-state index contributed by atoms with van der Waals surface area (Å²) >= 11 is 9.23. The third-order valence-corrected chi connectivity index (χ3v) is 6.52. The fourth-order valence-corrected chi connectivity index (χ4v) is 4.16. The molecule has 114 valence electrons. The molecule has 0 atom stereocenters. The van der Waals surface area contributed by atoms with Crippen molar-refractivity contribution in [3.8, 4) is 0 Å². The zero-order chi connectivity index (χ0) is 14.0. The standard InChI is InChI=1S/C12H16BrClN2O2S.ClH/c1-15-9-4-6-16(7-5-9)19(17,18)10-2-3-11(13)12(14)8-10;/h2-3,8-9,15H,4-7H2,1H3;1H. The van der Waals surface area contributed by atoms with Crippen LogP contribution < -0.4 is 5.32 Å². The topological polar surface area (TPSA) is 49.4 Å². The first-order chi connectivity index (χ1) is 8.95. The molecule has 0 unspecified atom stereocenters. The minimum absolute atomic E-state index is 0. The van der Waals surface area contributed by atoms with E-state index in [1.54, 1.807) is 12.1 Å². The Bertz CT molecular complexity index is 561. The molecule has 1 saturated heterocycles. The third-order valence-electron chi connectivity index (χ3n) is 3.39. The molecule has 0 spiro atoms. The minimum atomic E-state index is -3.43. The van der Waals surface area contributed by atoms with Crippen molar-refractivity contribution in [3.05, 3.63) is 27.7 Å². The largest absolute Gasteiger partial charge is 0.317 e. The lowest BCUT2D eigenvalue weighted by Gasteiger charge is -2.31. The first kappa shape index (κ1) is 18.2. The van der Waals surface area contributed by atoms with Gasteiger partial charge in [0.1, 0.15) is 0 Å². The summed E-state index contributed by atoms with van der Waals surface area (Å²) < 4.78 is 27.2. The van der Waals surface area contributed by atoms with Crippen LogP contribution in [0.4, 0.5) is 0 Å². The van der Waals surface area contributed by atoms with Crippen molar-refractivity contribution in [1.82, 2.24) is 9.62 Å². The number of halogens is 3. The summed E-state index contributed by atoms with van der Waals surface area (Å²) in [4.78, 5) is 0.253. The van der Waals surface area contributed by atoms with E-state index in [0.29, 0.717) is 28.6 Å². The highest BCUT2D eigenvalue weighted by molar-refractivity contribution is 9.10. The Morgan fingerprint density at radius 1 is 1.35 bits per heavy atom. The van der Waals surface area contributed by atoms with Gasteiger partial charge in [-0.15, -0.1) is 12.4 Å². The number of nitrogens with one attached hydrogen (secondary N) is 1. The van der Waals surface area contributed by atoms with Gasteiger partial charge < -0.3 is 5.32 Å². The summed E-state index contributed by atoms with van der Waals surface area (Å²) in [6.45, 7) is 1.09. The summed E-state index contributed by atoms with van der Waals surface area (Å²) in [7, 11) is -1.53. The molecule has 2 rings (SSSR count). The zero-order valence-electron chi connectivity index (χ0n) is 11.0. The van der Waals surface area contributed by atoms with Crippen molar-refractivity contribution in [2.45, 2.75) is 23.8 Å². The lowest BCUT2D eigenvalue weighted by Crippen LogP contribution is -2.43. The van der Waals surface area contributed by atoms with Crippen molar-refractivity contribution in [1.29, 1.82) is 0 Å². The summed E-state index contributed by atoms with van der Waals surface area (Å²) in [6, 6.07) is 5.14. The maximum atomic E-state index is 12.5. The van der Waals surface area contributed by atoms with Crippen molar-refractivity contribution in [2.75, 3.05) is 20.1 Å². The lowest BCUT2D eigenvalue weighted by molar-refractivity contribution is 0.298. The van der Waals surface area contributed by atoms with E-state index < -0.39 is 10.0 Å². The number of sulfonamides is 1. The van der Waals surface area contributed by atoms with Gasteiger partial charge in [-0.1, -0.05) is 11.6 Å². The molecule has 0 radical (unpaired) electrons. The van der Waals surface area contributed by atoms with Crippen molar-refractivity contribution in [3.63, 3.8) is 0 Å². The van der Waals surface area contributed by atoms with Crippen molar-refractivity contribution < 1.29 is 8.42 Å². The first-order valence-electron chi connectivity index (χ1n) is 6.07.